The van der Waals surface area contributed by atoms with Gasteiger partial charge in [-0.25, -0.2) is 18.0 Å². The first-order valence-corrected chi connectivity index (χ1v) is 9.72. The topological polar surface area (TPSA) is 50.4 Å². The van der Waals surface area contributed by atoms with Crippen molar-refractivity contribution in [3.05, 3.63) is 87.9 Å². The minimum atomic E-state index is -2.55. The summed E-state index contributed by atoms with van der Waals surface area (Å²) in [6.45, 7) is -0.490. The zero-order chi connectivity index (χ0) is 20.6. The van der Waals surface area contributed by atoms with E-state index in [2.05, 4.69) is 10.6 Å². The van der Waals surface area contributed by atoms with E-state index in [0.29, 0.717) is 11.3 Å². The van der Waals surface area contributed by atoms with Crippen molar-refractivity contribution in [1.29, 1.82) is 0 Å². The summed E-state index contributed by atoms with van der Waals surface area (Å²) < 4.78 is 42.8. The molecule has 0 radical (unpaired) electrons. The molecule has 0 saturated carbocycles. The molecule has 0 fully saturated rings. The Labute approximate surface area is 170 Å². The lowest BCUT2D eigenvalue weighted by atomic mass is 10.1. The zero-order valence-electron chi connectivity index (χ0n) is 15.3. The second kappa shape index (κ2) is 9.97. The molecule has 0 aliphatic rings. The zero-order valence-corrected chi connectivity index (χ0v) is 16.1. The fourth-order valence-electron chi connectivity index (χ4n) is 2.70. The van der Waals surface area contributed by atoms with Crippen molar-refractivity contribution in [1.82, 2.24) is 10.6 Å². The average Bonchev–Trinajstić information content (AvgIpc) is 3.25. The van der Waals surface area contributed by atoms with E-state index < -0.39 is 25.1 Å². The molecule has 1 heterocycles. The molecule has 0 aliphatic carbocycles. The van der Waals surface area contributed by atoms with Crippen LogP contribution >= 0.6 is 11.3 Å². The first kappa shape index (κ1) is 20.7. The summed E-state index contributed by atoms with van der Waals surface area (Å²) >= 11 is 1.48. The summed E-state index contributed by atoms with van der Waals surface area (Å²) in [7, 11) is 0. The predicted molar refractivity (Wildman–Crippen MR) is 106 cm³/mol. The highest BCUT2D eigenvalue weighted by molar-refractivity contribution is 7.10. The third-order valence-corrected chi connectivity index (χ3v) is 4.97. The molecule has 0 bridgehead atoms. The number of halogens is 3. The molecule has 2 amide bonds. The number of amides is 2. The molecule has 0 aliphatic heterocycles. The van der Waals surface area contributed by atoms with Gasteiger partial charge in [0.05, 0.1) is 6.04 Å². The van der Waals surface area contributed by atoms with Crippen molar-refractivity contribution in [3.63, 3.8) is 0 Å². The van der Waals surface area contributed by atoms with Crippen LogP contribution in [0.4, 0.5) is 18.0 Å². The highest BCUT2D eigenvalue weighted by Gasteiger charge is 2.18. The summed E-state index contributed by atoms with van der Waals surface area (Å²) in [5.41, 5.74) is 1.47. The number of thiophene rings is 1. The Morgan fingerprint density at radius 3 is 2.55 bits per heavy atom. The molecule has 8 heteroatoms. The second-order valence-electron chi connectivity index (χ2n) is 6.18. The fourth-order valence-corrected chi connectivity index (χ4v) is 3.50. The number of benzene rings is 2. The lowest BCUT2D eigenvalue weighted by Gasteiger charge is -2.19. The maximum atomic E-state index is 13.2. The van der Waals surface area contributed by atoms with Crippen molar-refractivity contribution in [2.24, 2.45) is 0 Å². The number of carbonyl (C=O) groups excluding carboxylic acids is 1. The van der Waals surface area contributed by atoms with Gasteiger partial charge in [0.2, 0.25) is 0 Å². The molecule has 2 aromatic carbocycles. The highest BCUT2D eigenvalue weighted by Crippen LogP contribution is 2.26. The summed E-state index contributed by atoms with van der Waals surface area (Å²) in [4.78, 5) is 13.4. The van der Waals surface area contributed by atoms with Gasteiger partial charge in [-0.3, -0.25) is 0 Å². The molecule has 1 aromatic heterocycles. The number of nitrogens with one attached hydrogen (secondary N) is 2. The molecule has 29 heavy (non-hydrogen) atoms. The van der Waals surface area contributed by atoms with Gasteiger partial charge in [-0.05, 0) is 46.8 Å². The second-order valence-corrected chi connectivity index (χ2v) is 7.16. The maximum absolute atomic E-state index is 13.2. The largest absolute Gasteiger partial charge is 0.488 e. The number of hydrogen-bond donors (Lipinski definition) is 2. The van der Waals surface area contributed by atoms with E-state index >= 15 is 0 Å². The Hall–Kier alpha value is -3.00. The first-order valence-electron chi connectivity index (χ1n) is 8.84. The summed E-state index contributed by atoms with van der Waals surface area (Å²) in [6, 6.07) is 15.5. The van der Waals surface area contributed by atoms with E-state index in [0.717, 1.165) is 10.4 Å². The van der Waals surface area contributed by atoms with Crippen molar-refractivity contribution in [2.45, 2.75) is 19.0 Å². The van der Waals surface area contributed by atoms with Crippen molar-refractivity contribution >= 4 is 17.4 Å². The number of urea groups is 1. The summed E-state index contributed by atoms with van der Waals surface area (Å²) in [5, 5.41) is 7.53. The lowest BCUT2D eigenvalue weighted by molar-refractivity contribution is 0.0818. The molecule has 0 spiro atoms. The Morgan fingerprint density at radius 2 is 1.86 bits per heavy atom. The van der Waals surface area contributed by atoms with Gasteiger partial charge in [0.15, 0.2) is 0 Å². The Morgan fingerprint density at radius 1 is 1.07 bits per heavy atom. The predicted octanol–water partition coefficient (Wildman–Crippen LogP) is 5.12. The van der Waals surface area contributed by atoms with Gasteiger partial charge in [-0.15, -0.1) is 11.3 Å². The minimum Gasteiger partial charge on any atom is -0.488 e. The van der Waals surface area contributed by atoms with Gasteiger partial charge in [0.25, 0.3) is 6.43 Å². The molecule has 152 valence electrons. The van der Waals surface area contributed by atoms with E-state index in [1.165, 1.54) is 23.5 Å². The Kier molecular flexibility index (Phi) is 7.13. The SMILES string of the molecule is O=C(NCc1cccc(OCC(F)F)c1)NC(c1ccc(F)cc1)c1cccs1. The molecule has 1 unspecified atom stereocenters. The minimum absolute atomic E-state index is 0.193. The van der Waals surface area contributed by atoms with Crippen LogP contribution in [0.1, 0.15) is 22.0 Å². The van der Waals surface area contributed by atoms with Gasteiger partial charge >= 0.3 is 6.03 Å². The van der Waals surface area contributed by atoms with E-state index in [4.69, 9.17) is 4.74 Å². The van der Waals surface area contributed by atoms with Crippen LogP contribution in [-0.4, -0.2) is 19.1 Å². The van der Waals surface area contributed by atoms with E-state index in [1.807, 2.05) is 17.5 Å². The van der Waals surface area contributed by atoms with Crippen LogP contribution in [0, 0.1) is 5.82 Å². The number of carbonyl (C=O) groups is 1. The van der Waals surface area contributed by atoms with E-state index in [1.54, 1.807) is 36.4 Å². The van der Waals surface area contributed by atoms with E-state index in [-0.39, 0.29) is 12.4 Å². The third-order valence-electron chi connectivity index (χ3n) is 4.03. The molecular weight excluding hydrogens is 401 g/mol. The normalized spacial score (nSPS) is 11.9. The third kappa shape index (κ3) is 6.25. The molecule has 1 atom stereocenters. The highest BCUT2D eigenvalue weighted by atomic mass is 32.1. The van der Waals surface area contributed by atoms with Crippen molar-refractivity contribution < 1.29 is 22.7 Å². The molecule has 3 rings (SSSR count). The molecular formula is C21H19F3N2O2S. The molecule has 2 N–H and O–H groups in total. The van der Waals surface area contributed by atoms with Crippen LogP contribution in [0.15, 0.2) is 66.0 Å². The average molecular weight is 420 g/mol. The molecule has 4 nitrogen and oxygen atoms in total. The van der Waals surface area contributed by atoms with Crippen LogP contribution in [0.25, 0.3) is 0 Å². The van der Waals surface area contributed by atoms with Gasteiger partial charge in [0, 0.05) is 11.4 Å². The van der Waals surface area contributed by atoms with E-state index in [9.17, 15) is 18.0 Å². The van der Waals surface area contributed by atoms with Crippen LogP contribution in [-0.2, 0) is 6.54 Å². The molecule has 3 aromatic rings. The number of alkyl halides is 2. The Balaban J connectivity index is 1.62. The fraction of sp³-hybridized carbons (Fsp3) is 0.190. The van der Waals surface area contributed by atoms with Crippen LogP contribution in [0.2, 0.25) is 0 Å². The van der Waals surface area contributed by atoms with Crippen LogP contribution < -0.4 is 15.4 Å². The van der Waals surface area contributed by atoms with Crippen LogP contribution in [0.3, 0.4) is 0 Å². The number of ether oxygens (including phenoxy) is 1. The molecule has 0 saturated heterocycles. The van der Waals surface area contributed by atoms with Crippen LogP contribution in [0.5, 0.6) is 5.75 Å². The quantitative estimate of drug-likeness (QED) is 0.531. The lowest BCUT2D eigenvalue weighted by Crippen LogP contribution is -2.37. The van der Waals surface area contributed by atoms with Gasteiger partial charge in [-0.1, -0.05) is 30.3 Å². The number of hydrogen-bond acceptors (Lipinski definition) is 3. The summed E-state index contributed by atoms with van der Waals surface area (Å²) in [6.07, 6.45) is -2.55. The maximum Gasteiger partial charge on any atom is 0.315 e. The van der Waals surface area contributed by atoms with Crippen molar-refractivity contribution in [3.8, 4) is 5.75 Å². The summed E-state index contributed by atoms with van der Waals surface area (Å²) in [5.74, 6) is -0.0372. The standard InChI is InChI=1S/C21H19F3N2O2S/c22-16-8-6-15(7-9-16)20(18-5-2-10-29-18)26-21(27)25-12-14-3-1-4-17(11-14)28-13-19(23)24/h1-11,19-20H,12-13H2,(H2,25,26,27). The smallest absolute Gasteiger partial charge is 0.315 e. The van der Waals surface area contributed by atoms with Gasteiger partial charge in [-0.2, -0.15) is 0 Å². The number of rotatable bonds is 8. The first-order chi connectivity index (χ1) is 14.0. The Bertz CT molecular complexity index is 918. The van der Waals surface area contributed by atoms with Gasteiger partial charge < -0.3 is 15.4 Å². The van der Waals surface area contributed by atoms with Gasteiger partial charge in [0.1, 0.15) is 18.2 Å². The monoisotopic (exact) mass is 420 g/mol. The van der Waals surface area contributed by atoms with Crippen molar-refractivity contribution in [2.75, 3.05) is 6.61 Å².